The Morgan fingerprint density at radius 1 is 0.362 bits per heavy atom. The number of rotatable bonds is 49. The number of hydrogen-bond donors (Lipinski definition) is 23. The maximum Gasteiger partial charge on any atom is 0.305 e. The Kier molecular flexibility index (Phi) is 39.6. The first-order valence-electron chi connectivity index (χ1n) is 32.6. The lowest BCUT2D eigenvalue weighted by Gasteiger charge is -2.29. The summed E-state index contributed by atoms with van der Waals surface area (Å²) in [4.78, 5) is 260. The van der Waals surface area contributed by atoms with Crippen molar-refractivity contribution in [3.05, 3.63) is 35.9 Å². The van der Waals surface area contributed by atoms with Gasteiger partial charge in [-0.15, -0.1) is 0 Å². The molecule has 17 amide bonds. The molecule has 0 aliphatic heterocycles. The third-order valence-corrected chi connectivity index (χ3v) is 15.0. The van der Waals surface area contributed by atoms with Gasteiger partial charge in [-0.3, -0.25) is 95.9 Å². The number of amides is 17. The predicted molar refractivity (Wildman–Crippen MR) is 358 cm³/mol. The SMILES string of the molecule is CC(=O)N[C@@H](CO)C(=O)N[C@@H](CCC(N)=O)C(=O)N[C@@H](CC(=O)O)C(=O)N[C@@H](C)C(=O)N[C@@H](CCC(=O)O)C(=O)N[C@@H](CC(=O)O)C(=O)N[C@@H](CC(N)=O)C(=O)N[C@H](C(=O)N[C@H](C(=O)N[C@@H](CO)C(=O)N[C@@H](Cc1ccccc1)C(=O)N[C@@H](CC(C)C)C(=O)N[C@@H](CCC(N)=O)C(N)=O)C(C)C)[C@@H](C)O. The molecule has 14 atom stereocenters. The topological polar surface area (TPSA) is 723 Å². The van der Waals surface area contributed by atoms with Crippen LogP contribution in [0.1, 0.15) is 118 Å². The van der Waals surface area contributed by atoms with Gasteiger partial charge in [0.05, 0.1) is 38.6 Å². The zero-order chi connectivity index (χ0) is 80.3. The highest BCUT2D eigenvalue weighted by atomic mass is 16.4. The number of hydrogen-bond acceptors (Lipinski definition) is 23. The van der Waals surface area contributed by atoms with E-state index in [2.05, 4.69) is 53.2 Å². The summed E-state index contributed by atoms with van der Waals surface area (Å²) in [5.74, 6) is -26.7. The number of carbonyl (C=O) groups is 20. The van der Waals surface area contributed by atoms with Crippen molar-refractivity contribution in [2.24, 2.45) is 34.8 Å². The molecule has 0 unspecified atom stereocenters. The van der Waals surface area contributed by atoms with Gasteiger partial charge in [-0.05, 0) is 56.9 Å². The summed E-state index contributed by atoms with van der Waals surface area (Å²) in [5, 5.41) is 88.1. The number of carbonyl (C=O) groups excluding carboxylic acids is 17. The van der Waals surface area contributed by atoms with Gasteiger partial charge in [0, 0.05) is 32.6 Å². The van der Waals surface area contributed by atoms with Crippen LogP contribution in [0.5, 0.6) is 0 Å². The molecule has 0 aliphatic carbocycles. The lowest BCUT2D eigenvalue weighted by atomic mass is 10.00. The molecule has 27 N–H and O–H groups in total. The number of aliphatic hydroxyl groups excluding tert-OH is 3. The molecule has 1 aromatic carbocycles. The fourth-order valence-electron chi connectivity index (χ4n) is 9.52. The van der Waals surface area contributed by atoms with E-state index < -0.39 is 267 Å². The summed E-state index contributed by atoms with van der Waals surface area (Å²) in [7, 11) is 0. The Balaban J connectivity index is 3.51. The first-order chi connectivity index (χ1) is 48.9. The van der Waals surface area contributed by atoms with Crippen LogP contribution in [0.3, 0.4) is 0 Å². The number of aliphatic carboxylic acids is 3. The quantitative estimate of drug-likeness (QED) is 0.0288. The minimum absolute atomic E-state index is 0.0245. The zero-order valence-corrected chi connectivity index (χ0v) is 58.5. The van der Waals surface area contributed by atoms with Crippen LogP contribution in [0.15, 0.2) is 30.3 Å². The van der Waals surface area contributed by atoms with E-state index in [-0.39, 0.29) is 31.6 Å². The van der Waals surface area contributed by atoms with Gasteiger partial charge in [0.15, 0.2) is 0 Å². The molecule has 105 heavy (non-hydrogen) atoms. The van der Waals surface area contributed by atoms with Crippen molar-refractivity contribution in [3.8, 4) is 0 Å². The number of benzene rings is 1. The Morgan fingerprint density at radius 2 is 0.714 bits per heavy atom. The Hall–Kier alpha value is -11.5. The Bertz CT molecular complexity index is 3320. The fraction of sp³-hybridized carbons (Fsp3) is 0.581. The van der Waals surface area contributed by atoms with Gasteiger partial charge in [-0.25, -0.2) is 0 Å². The lowest BCUT2D eigenvalue weighted by molar-refractivity contribution is -0.142. The standard InChI is InChI=1S/C62H95N17O26/c1-26(2)19-35(55(98)69-32(50(66)93)13-16-42(63)84)72-56(99)36(20-31-11-9-8-10-12-31)73-60(103)41(25-81)77-61(104)48(27(3)4)78-62(105)49(29(6)82)79-58(101)37(21-44(65)86)74-57(100)39(23-47(91)92)76-53(96)34(15-18-45(87)88)70-51(94)28(5)67-54(97)38(22-46(89)90)75-52(95)33(14-17-43(64)85)71-59(102)40(24-80)68-30(7)83/h8-12,26-29,32-41,48-49,80-82H,13-25H2,1-7H3,(H2,63,84)(H2,64,85)(H2,65,86)(H2,66,93)(H,67,97)(H,68,83)(H,69,98)(H,70,94)(H,71,102)(H,72,99)(H,73,103)(H,74,100)(H,75,95)(H,76,96)(H,77,104)(H,78,105)(H,79,101)(H,87,88)(H,89,90)(H,91,92)/t28-,29+,32-,33-,34-,35-,36-,37-,38-,39-,40-,41-,48-,49-/m0/s1. The average molecular weight is 1490 g/mol. The van der Waals surface area contributed by atoms with E-state index in [9.17, 15) is 127 Å². The van der Waals surface area contributed by atoms with Crippen LogP contribution in [-0.2, 0) is 102 Å². The van der Waals surface area contributed by atoms with E-state index >= 15 is 0 Å². The summed E-state index contributed by atoms with van der Waals surface area (Å²) < 4.78 is 0. The molecular weight excluding hydrogens is 1400 g/mol. The first kappa shape index (κ1) is 91.5. The molecule has 0 saturated heterocycles. The predicted octanol–water partition coefficient (Wildman–Crippen LogP) is -10.7. The molecule has 0 heterocycles. The molecule has 0 fully saturated rings. The number of aliphatic hydroxyl groups is 3. The summed E-state index contributed by atoms with van der Waals surface area (Å²) in [5.41, 5.74) is 21.7. The van der Waals surface area contributed by atoms with Gasteiger partial charge in [-0.1, -0.05) is 58.0 Å². The first-order valence-corrected chi connectivity index (χ1v) is 32.6. The highest BCUT2D eigenvalue weighted by Gasteiger charge is 2.40. The van der Waals surface area contributed by atoms with Crippen LogP contribution >= 0.6 is 0 Å². The number of nitrogens with one attached hydrogen (secondary N) is 13. The molecule has 1 aromatic rings. The second kappa shape index (κ2) is 45.5. The highest BCUT2D eigenvalue weighted by molar-refractivity contribution is 6.02. The van der Waals surface area contributed by atoms with Crippen molar-refractivity contribution >= 4 is 118 Å². The van der Waals surface area contributed by atoms with Crippen LogP contribution in [0.4, 0.5) is 0 Å². The van der Waals surface area contributed by atoms with Crippen molar-refractivity contribution in [2.45, 2.75) is 204 Å². The smallest absolute Gasteiger partial charge is 0.305 e. The van der Waals surface area contributed by atoms with Crippen LogP contribution in [-0.4, -0.2) is 247 Å². The van der Waals surface area contributed by atoms with Gasteiger partial charge < -0.3 is 123 Å². The number of primary amides is 4. The summed E-state index contributed by atoms with van der Waals surface area (Å²) in [6, 6.07) is -15.9. The van der Waals surface area contributed by atoms with Crippen molar-refractivity contribution in [1.29, 1.82) is 0 Å². The highest BCUT2D eigenvalue weighted by Crippen LogP contribution is 2.13. The van der Waals surface area contributed by atoms with Gasteiger partial charge in [0.1, 0.15) is 78.5 Å². The molecule has 43 nitrogen and oxygen atoms in total. The molecule has 0 aromatic heterocycles. The minimum atomic E-state index is -2.30. The van der Waals surface area contributed by atoms with Crippen LogP contribution < -0.4 is 92.1 Å². The van der Waals surface area contributed by atoms with E-state index in [0.29, 0.717) is 5.56 Å². The van der Waals surface area contributed by atoms with Crippen LogP contribution in [0, 0.1) is 11.8 Å². The third-order valence-electron chi connectivity index (χ3n) is 15.0. The van der Waals surface area contributed by atoms with Crippen LogP contribution in [0.25, 0.3) is 0 Å². The fourth-order valence-corrected chi connectivity index (χ4v) is 9.52. The van der Waals surface area contributed by atoms with Crippen molar-refractivity contribution in [3.63, 3.8) is 0 Å². The average Bonchev–Trinajstić information content (AvgIpc) is 0.851. The van der Waals surface area contributed by atoms with Gasteiger partial charge in [0.2, 0.25) is 100 Å². The molecule has 0 bridgehead atoms. The number of carboxylic acids is 3. The zero-order valence-electron chi connectivity index (χ0n) is 58.5. The van der Waals surface area contributed by atoms with E-state index in [1.54, 1.807) is 44.2 Å². The second-order valence-corrected chi connectivity index (χ2v) is 24.9. The molecule has 1 rings (SSSR count). The maximum absolute atomic E-state index is 14.1. The monoisotopic (exact) mass is 1490 g/mol. The van der Waals surface area contributed by atoms with E-state index in [4.69, 9.17) is 22.9 Å². The number of carboxylic acid groups (broad SMARTS) is 3. The molecule has 0 aliphatic rings. The summed E-state index contributed by atoms with van der Waals surface area (Å²) >= 11 is 0. The molecular formula is C62H95N17O26. The van der Waals surface area contributed by atoms with Crippen molar-refractivity contribution < 1.29 is 127 Å². The van der Waals surface area contributed by atoms with E-state index in [0.717, 1.165) is 20.8 Å². The van der Waals surface area contributed by atoms with Crippen LogP contribution in [0.2, 0.25) is 0 Å². The van der Waals surface area contributed by atoms with Gasteiger partial charge in [0.25, 0.3) is 0 Å². The molecule has 0 saturated carbocycles. The molecule has 584 valence electrons. The Morgan fingerprint density at radius 3 is 1.14 bits per heavy atom. The van der Waals surface area contributed by atoms with Gasteiger partial charge in [-0.2, -0.15) is 0 Å². The molecule has 0 spiro atoms. The minimum Gasteiger partial charge on any atom is -0.481 e. The number of nitrogens with two attached hydrogens (primary N) is 4. The maximum atomic E-state index is 14.1. The Labute approximate surface area is 599 Å². The molecule has 0 radical (unpaired) electrons. The molecule has 43 heteroatoms. The van der Waals surface area contributed by atoms with E-state index in [1.165, 1.54) is 13.8 Å². The summed E-state index contributed by atoms with van der Waals surface area (Å²) in [6.45, 7) is 6.96. The normalized spacial score (nSPS) is 15.0. The third kappa shape index (κ3) is 34.8. The van der Waals surface area contributed by atoms with Crippen molar-refractivity contribution in [1.82, 2.24) is 69.1 Å². The van der Waals surface area contributed by atoms with Gasteiger partial charge >= 0.3 is 17.9 Å². The largest absolute Gasteiger partial charge is 0.481 e. The second-order valence-electron chi connectivity index (χ2n) is 24.9. The lowest BCUT2D eigenvalue weighted by Crippen LogP contribution is -2.63. The summed E-state index contributed by atoms with van der Waals surface area (Å²) in [6.07, 6.45) is -9.45. The van der Waals surface area contributed by atoms with E-state index in [1.807, 2.05) is 16.0 Å². The van der Waals surface area contributed by atoms with Crippen molar-refractivity contribution in [2.75, 3.05) is 13.2 Å².